The predicted molar refractivity (Wildman–Crippen MR) is 70.4 cm³/mol. The Balaban J connectivity index is 2.37. The average molecular weight is 242 g/mol. The van der Waals surface area contributed by atoms with E-state index >= 15 is 0 Å². The molecule has 1 aromatic carbocycles. The first-order valence-corrected chi connectivity index (χ1v) is 5.58. The molecule has 0 atom stereocenters. The molecule has 0 aliphatic heterocycles. The number of hydrogen-bond donors (Lipinski definition) is 1. The van der Waals surface area contributed by atoms with E-state index in [1.54, 1.807) is 6.07 Å². The molecule has 2 aromatic rings. The van der Waals surface area contributed by atoms with Gasteiger partial charge in [0.1, 0.15) is 5.82 Å². The summed E-state index contributed by atoms with van der Waals surface area (Å²) in [5.41, 5.74) is 2.05. The van der Waals surface area contributed by atoms with E-state index in [-0.39, 0.29) is 5.56 Å². The van der Waals surface area contributed by atoms with Gasteiger partial charge in [0, 0.05) is 18.9 Å². The number of benzene rings is 1. The maximum Gasteiger partial charge on any atom is 0.337 e. The van der Waals surface area contributed by atoms with Gasteiger partial charge >= 0.3 is 5.97 Å². The van der Waals surface area contributed by atoms with E-state index in [4.69, 9.17) is 5.11 Å². The zero-order valence-corrected chi connectivity index (χ0v) is 10.3. The Morgan fingerprint density at radius 2 is 1.94 bits per heavy atom. The molecule has 1 aromatic heterocycles. The van der Waals surface area contributed by atoms with Crippen LogP contribution >= 0.6 is 0 Å². The van der Waals surface area contributed by atoms with Gasteiger partial charge in [0.2, 0.25) is 0 Å². The fourth-order valence-electron chi connectivity index (χ4n) is 1.81. The van der Waals surface area contributed by atoms with Crippen LogP contribution in [0.1, 0.15) is 15.9 Å². The molecule has 0 spiro atoms. The van der Waals surface area contributed by atoms with Crippen molar-refractivity contribution in [2.75, 3.05) is 11.9 Å². The quantitative estimate of drug-likeness (QED) is 0.899. The number of rotatable bonds is 3. The van der Waals surface area contributed by atoms with E-state index in [2.05, 4.69) is 4.98 Å². The highest BCUT2D eigenvalue weighted by Crippen LogP contribution is 2.24. The number of pyridine rings is 1. The van der Waals surface area contributed by atoms with Crippen LogP contribution in [0.4, 0.5) is 11.5 Å². The Labute approximate surface area is 106 Å². The summed E-state index contributed by atoms with van der Waals surface area (Å²) in [4.78, 5) is 17.0. The number of aryl methyl sites for hydroxylation is 1. The van der Waals surface area contributed by atoms with Crippen LogP contribution in [-0.2, 0) is 0 Å². The van der Waals surface area contributed by atoms with Crippen LogP contribution in [0.2, 0.25) is 0 Å². The maximum atomic E-state index is 10.9. The molecule has 4 nitrogen and oxygen atoms in total. The van der Waals surface area contributed by atoms with Crippen molar-refractivity contribution < 1.29 is 9.90 Å². The summed E-state index contributed by atoms with van der Waals surface area (Å²) >= 11 is 0. The standard InChI is InChI=1S/C14H14N2O2/c1-10-8-11(14(17)18)9-15-13(10)16(2)12-6-4-3-5-7-12/h3-9H,1-2H3,(H,17,18). The van der Waals surface area contributed by atoms with Crippen molar-refractivity contribution in [2.24, 2.45) is 0 Å². The highest BCUT2D eigenvalue weighted by molar-refractivity contribution is 5.88. The minimum absolute atomic E-state index is 0.206. The molecule has 18 heavy (non-hydrogen) atoms. The molecule has 0 aliphatic carbocycles. The van der Waals surface area contributed by atoms with Crippen LogP contribution in [-0.4, -0.2) is 23.1 Å². The Bertz CT molecular complexity index is 567. The van der Waals surface area contributed by atoms with Gasteiger partial charge in [-0.3, -0.25) is 0 Å². The Kier molecular flexibility index (Phi) is 3.28. The van der Waals surface area contributed by atoms with Crippen LogP contribution in [0, 0.1) is 6.92 Å². The number of carbonyl (C=O) groups is 1. The lowest BCUT2D eigenvalue weighted by Gasteiger charge is -2.20. The van der Waals surface area contributed by atoms with Gasteiger partial charge in [-0.25, -0.2) is 9.78 Å². The monoisotopic (exact) mass is 242 g/mol. The van der Waals surface area contributed by atoms with Crippen molar-refractivity contribution in [1.29, 1.82) is 0 Å². The fraction of sp³-hybridized carbons (Fsp3) is 0.143. The largest absolute Gasteiger partial charge is 0.478 e. The second kappa shape index (κ2) is 4.87. The van der Waals surface area contributed by atoms with Gasteiger partial charge in [-0.1, -0.05) is 18.2 Å². The molecule has 0 bridgehead atoms. The minimum atomic E-state index is -0.959. The average Bonchev–Trinajstić information content (AvgIpc) is 2.38. The number of aromatic nitrogens is 1. The highest BCUT2D eigenvalue weighted by Gasteiger charge is 2.11. The van der Waals surface area contributed by atoms with E-state index in [9.17, 15) is 4.79 Å². The SMILES string of the molecule is Cc1cc(C(=O)O)cnc1N(C)c1ccccc1. The Morgan fingerprint density at radius 3 is 2.50 bits per heavy atom. The Morgan fingerprint density at radius 1 is 1.28 bits per heavy atom. The number of para-hydroxylation sites is 1. The molecular formula is C14H14N2O2. The van der Waals surface area contributed by atoms with Crippen LogP contribution in [0.15, 0.2) is 42.6 Å². The normalized spacial score (nSPS) is 10.1. The lowest BCUT2D eigenvalue weighted by Crippen LogP contribution is -2.13. The first-order chi connectivity index (χ1) is 8.59. The third kappa shape index (κ3) is 2.32. The summed E-state index contributed by atoms with van der Waals surface area (Å²) in [5, 5.41) is 8.90. The molecule has 92 valence electrons. The Hall–Kier alpha value is -2.36. The summed E-state index contributed by atoms with van der Waals surface area (Å²) < 4.78 is 0. The number of aromatic carboxylic acids is 1. The van der Waals surface area contributed by atoms with Crippen molar-refractivity contribution in [1.82, 2.24) is 4.98 Å². The van der Waals surface area contributed by atoms with Crippen LogP contribution in [0.25, 0.3) is 0 Å². The second-order valence-corrected chi connectivity index (χ2v) is 4.06. The topological polar surface area (TPSA) is 53.4 Å². The molecule has 4 heteroatoms. The number of carboxylic acids is 1. The van der Waals surface area contributed by atoms with Crippen LogP contribution in [0.5, 0.6) is 0 Å². The molecular weight excluding hydrogens is 228 g/mol. The number of hydrogen-bond acceptors (Lipinski definition) is 3. The summed E-state index contributed by atoms with van der Waals surface area (Å²) in [6.07, 6.45) is 1.38. The minimum Gasteiger partial charge on any atom is -0.478 e. The zero-order chi connectivity index (χ0) is 13.1. The summed E-state index contributed by atoms with van der Waals surface area (Å²) in [7, 11) is 1.91. The van der Waals surface area contributed by atoms with Crippen molar-refractivity contribution >= 4 is 17.5 Å². The lowest BCUT2D eigenvalue weighted by atomic mass is 10.2. The lowest BCUT2D eigenvalue weighted by molar-refractivity contribution is 0.0696. The number of anilines is 2. The van der Waals surface area contributed by atoms with Crippen molar-refractivity contribution in [2.45, 2.75) is 6.92 Å². The van der Waals surface area contributed by atoms with E-state index in [1.165, 1.54) is 6.20 Å². The molecule has 0 unspecified atom stereocenters. The van der Waals surface area contributed by atoms with Gasteiger partial charge in [-0.15, -0.1) is 0 Å². The van der Waals surface area contributed by atoms with Gasteiger partial charge in [0.15, 0.2) is 0 Å². The van der Waals surface area contributed by atoms with Crippen LogP contribution in [0.3, 0.4) is 0 Å². The maximum absolute atomic E-state index is 10.9. The summed E-state index contributed by atoms with van der Waals surface area (Å²) in [6.45, 7) is 1.86. The van der Waals surface area contributed by atoms with E-state index in [1.807, 2.05) is 49.2 Å². The van der Waals surface area contributed by atoms with Crippen LogP contribution < -0.4 is 4.90 Å². The highest BCUT2D eigenvalue weighted by atomic mass is 16.4. The predicted octanol–water partition coefficient (Wildman–Crippen LogP) is 2.86. The molecule has 0 fully saturated rings. The van der Waals surface area contributed by atoms with E-state index in [0.717, 1.165) is 17.1 Å². The molecule has 0 saturated carbocycles. The smallest absolute Gasteiger partial charge is 0.337 e. The van der Waals surface area contributed by atoms with E-state index < -0.39 is 5.97 Å². The number of nitrogens with zero attached hydrogens (tertiary/aromatic N) is 2. The van der Waals surface area contributed by atoms with E-state index in [0.29, 0.717) is 0 Å². The summed E-state index contributed by atoms with van der Waals surface area (Å²) in [6, 6.07) is 11.4. The molecule has 0 aliphatic rings. The van der Waals surface area contributed by atoms with Gasteiger partial charge in [-0.05, 0) is 30.7 Å². The van der Waals surface area contributed by atoms with Gasteiger partial charge in [0.25, 0.3) is 0 Å². The summed E-state index contributed by atoms with van der Waals surface area (Å²) in [5.74, 6) is -0.203. The molecule has 1 N–H and O–H groups in total. The first kappa shape index (κ1) is 12.1. The third-order valence-electron chi connectivity index (χ3n) is 2.76. The van der Waals surface area contributed by atoms with Crippen molar-refractivity contribution in [3.05, 3.63) is 53.7 Å². The van der Waals surface area contributed by atoms with Gasteiger partial charge in [-0.2, -0.15) is 0 Å². The molecule has 1 heterocycles. The first-order valence-electron chi connectivity index (χ1n) is 5.58. The van der Waals surface area contributed by atoms with Crippen molar-refractivity contribution in [3.63, 3.8) is 0 Å². The zero-order valence-electron chi connectivity index (χ0n) is 10.3. The number of carboxylic acid groups (broad SMARTS) is 1. The molecule has 0 radical (unpaired) electrons. The third-order valence-corrected chi connectivity index (χ3v) is 2.76. The van der Waals surface area contributed by atoms with Crippen molar-refractivity contribution in [3.8, 4) is 0 Å². The molecule has 0 saturated heterocycles. The van der Waals surface area contributed by atoms with Gasteiger partial charge in [0.05, 0.1) is 5.56 Å². The molecule has 2 rings (SSSR count). The fourth-order valence-corrected chi connectivity index (χ4v) is 1.81. The second-order valence-electron chi connectivity index (χ2n) is 4.06. The molecule has 0 amide bonds. The van der Waals surface area contributed by atoms with Gasteiger partial charge < -0.3 is 10.0 Å².